The van der Waals surface area contributed by atoms with Gasteiger partial charge in [0, 0.05) is 17.0 Å². The number of nitrogens with zero attached hydrogens (tertiary/aromatic N) is 4. The molecule has 49 heavy (non-hydrogen) atoms. The molecule has 0 atom stereocenters. The van der Waals surface area contributed by atoms with Crippen LogP contribution >= 0.6 is 0 Å². The van der Waals surface area contributed by atoms with Crippen molar-refractivity contribution in [3.05, 3.63) is 204 Å². The number of pyridine rings is 1. The zero-order valence-corrected chi connectivity index (χ0v) is 27.0. The van der Waals surface area contributed by atoms with Gasteiger partial charge in [-0.25, -0.2) is 9.55 Å². The Bertz CT molecular complexity index is 2710. The third-order valence-corrected chi connectivity index (χ3v) is 9.84. The van der Waals surface area contributed by atoms with Crippen molar-refractivity contribution in [1.29, 1.82) is 0 Å². The first kappa shape index (κ1) is 25.8. The molecule has 0 aliphatic carbocycles. The second kappa shape index (κ2) is 11.5. The summed E-state index contributed by atoms with van der Waals surface area (Å²) >= 11 is 0. The van der Waals surface area contributed by atoms with E-state index in [9.17, 15) is 0 Å². The van der Waals surface area contributed by atoms with Crippen molar-refractivity contribution in [1.82, 2.24) is 14.1 Å². The van der Waals surface area contributed by atoms with Gasteiger partial charge in [0.1, 0.15) is 11.5 Å². The molecule has 0 saturated heterocycles. The largest absolute Gasteiger partial charge is 0.294 e. The molecule has 3 heterocycles. The second-order valence-electron chi connectivity index (χ2n) is 12.7. The number of rotatable bonds is 6. The van der Waals surface area contributed by atoms with E-state index in [4.69, 9.17) is 9.10 Å². The standard InChI is InChI=1S/C45H35N4/c1-32-26-27-46-44(28-32)49-40-21-10-9-20-38(40)39-25-24-36(30-43(39)49)45(33-14-5-3-6-15-33,34-16-7-4-8-17-34)35-18-13-19-37(29-35)48-31-47(2)41-22-11-12-23-42(41)48/h3-31H,1-2H3/q+1/i2D3. The SMILES string of the molecule is [2H]C([2H])([2H])[n+]1cn(-c2cccc(C(c3ccccc3)(c3ccccc3)c3ccc4c5ccccc5n(-c5cc(C)ccn5)c4c3)c2)c2ccccc21. The van der Waals surface area contributed by atoms with Gasteiger partial charge in [-0.05, 0) is 83.3 Å². The minimum atomic E-state index is -2.33. The van der Waals surface area contributed by atoms with Crippen molar-refractivity contribution in [2.45, 2.75) is 12.3 Å². The number of imidazole rings is 1. The van der Waals surface area contributed by atoms with E-state index in [1.165, 1.54) is 9.95 Å². The maximum atomic E-state index is 8.28. The van der Waals surface area contributed by atoms with Crippen LogP contribution in [0.4, 0.5) is 0 Å². The highest BCUT2D eigenvalue weighted by Gasteiger charge is 2.39. The molecule has 234 valence electrons. The minimum Gasteiger partial charge on any atom is -0.294 e. The van der Waals surface area contributed by atoms with Crippen LogP contribution in [0, 0.1) is 6.92 Å². The average molecular weight is 635 g/mol. The summed E-state index contributed by atoms with van der Waals surface area (Å²) in [7, 11) is 0. The zero-order valence-electron chi connectivity index (χ0n) is 30.0. The highest BCUT2D eigenvalue weighted by molar-refractivity contribution is 6.09. The molecule has 0 fully saturated rings. The van der Waals surface area contributed by atoms with E-state index in [-0.39, 0.29) is 0 Å². The van der Waals surface area contributed by atoms with Crippen molar-refractivity contribution in [2.75, 3.05) is 0 Å². The fourth-order valence-corrected chi connectivity index (χ4v) is 7.68. The molecule has 9 aromatic rings. The number of aryl methyl sites for hydroxylation is 2. The summed E-state index contributed by atoms with van der Waals surface area (Å²) in [5, 5.41) is 2.32. The molecule has 0 aliphatic heterocycles. The van der Waals surface area contributed by atoms with Crippen LogP contribution in [0.2, 0.25) is 0 Å². The van der Waals surface area contributed by atoms with E-state index in [0.29, 0.717) is 5.52 Å². The lowest BCUT2D eigenvalue weighted by Crippen LogP contribution is -2.31. The highest BCUT2D eigenvalue weighted by atomic mass is 15.1. The van der Waals surface area contributed by atoms with Crippen molar-refractivity contribution >= 4 is 32.8 Å². The Hall–Kier alpha value is -6.26. The lowest BCUT2D eigenvalue weighted by molar-refractivity contribution is -0.645. The number of para-hydroxylation sites is 3. The molecule has 9 rings (SSSR count). The molecule has 0 saturated carbocycles. The Balaban J connectivity index is 1.38. The molecular formula is C45H35N4+. The summed E-state index contributed by atoms with van der Waals surface area (Å²) in [5.41, 5.74) is 9.27. The first-order valence-corrected chi connectivity index (χ1v) is 16.5. The van der Waals surface area contributed by atoms with Crippen molar-refractivity contribution in [3.63, 3.8) is 0 Å². The van der Waals surface area contributed by atoms with Gasteiger partial charge in [-0.1, -0.05) is 115 Å². The van der Waals surface area contributed by atoms with E-state index >= 15 is 0 Å². The van der Waals surface area contributed by atoms with Crippen LogP contribution in [0.25, 0.3) is 44.3 Å². The molecule has 0 bridgehead atoms. The molecule has 3 aromatic heterocycles. The maximum absolute atomic E-state index is 8.28. The predicted molar refractivity (Wildman–Crippen MR) is 200 cm³/mol. The van der Waals surface area contributed by atoms with Crippen molar-refractivity contribution in [3.8, 4) is 11.5 Å². The van der Waals surface area contributed by atoms with Gasteiger partial charge >= 0.3 is 0 Å². The molecule has 4 heteroatoms. The van der Waals surface area contributed by atoms with Crippen molar-refractivity contribution in [2.24, 2.45) is 6.98 Å². The first-order valence-electron chi connectivity index (χ1n) is 18.0. The predicted octanol–water partition coefficient (Wildman–Crippen LogP) is 9.64. The van der Waals surface area contributed by atoms with E-state index < -0.39 is 12.4 Å². The summed E-state index contributed by atoms with van der Waals surface area (Å²) in [5.74, 6) is 0.873. The van der Waals surface area contributed by atoms with Gasteiger partial charge in [-0.2, -0.15) is 4.57 Å². The van der Waals surface area contributed by atoms with E-state index in [1.807, 2.05) is 47.2 Å². The van der Waals surface area contributed by atoms with Crippen LogP contribution in [0.5, 0.6) is 0 Å². The third-order valence-electron chi connectivity index (χ3n) is 9.84. The Morgan fingerprint density at radius 3 is 1.98 bits per heavy atom. The van der Waals surface area contributed by atoms with E-state index in [2.05, 4.69) is 139 Å². The quantitative estimate of drug-likeness (QED) is 0.132. The summed E-state index contributed by atoms with van der Waals surface area (Å²) in [6.45, 7) is -0.235. The fourth-order valence-electron chi connectivity index (χ4n) is 7.68. The second-order valence-corrected chi connectivity index (χ2v) is 12.7. The Kier molecular flexibility index (Phi) is 6.03. The lowest BCUT2D eigenvalue weighted by atomic mass is 9.65. The normalized spacial score (nSPS) is 13.0. The summed E-state index contributed by atoms with van der Waals surface area (Å²) < 4.78 is 30.5. The summed E-state index contributed by atoms with van der Waals surface area (Å²) in [6.07, 6.45) is 3.57. The maximum Gasteiger partial charge on any atom is 0.249 e. The smallest absolute Gasteiger partial charge is 0.249 e. The first-order chi connectivity index (χ1) is 25.3. The summed E-state index contributed by atoms with van der Waals surface area (Å²) in [6, 6.07) is 57.0. The monoisotopic (exact) mass is 634 g/mol. The van der Waals surface area contributed by atoms with Crippen LogP contribution in [-0.4, -0.2) is 14.1 Å². The van der Waals surface area contributed by atoms with Gasteiger partial charge < -0.3 is 0 Å². The molecule has 4 nitrogen and oxygen atoms in total. The molecule has 0 radical (unpaired) electrons. The Morgan fingerprint density at radius 2 is 1.22 bits per heavy atom. The van der Waals surface area contributed by atoms with Gasteiger partial charge in [0.2, 0.25) is 6.33 Å². The molecule has 0 amide bonds. The molecular weight excluding hydrogens is 597 g/mol. The summed E-state index contributed by atoms with van der Waals surface area (Å²) in [4.78, 5) is 4.86. The van der Waals surface area contributed by atoms with Crippen LogP contribution in [-0.2, 0) is 12.4 Å². The van der Waals surface area contributed by atoms with Gasteiger partial charge in [0.25, 0.3) is 0 Å². The fraction of sp³-hybridized carbons (Fsp3) is 0.0667. The van der Waals surface area contributed by atoms with Gasteiger partial charge in [0.05, 0.1) is 27.5 Å². The highest BCUT2D eigenvalue weighted by Crippen LogP contribution is 2.47. The van der Waals surface area contributed by atoms with Crippen LogP contribution < -0.4 is 4.57 Å². The van der Waals surface area contributed by atoms with E-state index in [1.54, 1.807) is 6.33 Å². The van der Waals surface area contributed by atoms with Gasteiger partial charge in [-0.3, -0.25) is 4.57 Å². The third kappa shape index (κ3) is 4.52. The zero-order chi connectivity index (χ0) is 35.5. The van der Waals surface area contributed by atoms with Gasteiger partial charge in [0.15, 0.2) is 11.0 Å². The Labute approximate surface area is 290 Å². The molecule has 0 spiro atoms. The van der Waals surface area contributed by atoms with Crippen molar-refractivity contribution < 1.29 is 8.68 Å². The van der Waals surface area contributed by atoms with Crippen LogP contribution in [0.3, 0.4) is 0 Å². The van der Waals surface area contributed by atoms with Crippen LogP contribution in [0.1, 0.15) is 31.9 Å². The topological polar surface area (TPSA) is 26.6 Å². The Morgan fingerprint density at radius 1 is 0.571 bits per heavy atom. The van der Waals surface area contributed by atoms with Crippen LogP contribution in [0.15, 0.2) is 176 Å². The van der Waals surface area contributed by atoms with Gasteiger partial charge in [-0.15, -0.1) is 0 Å². The average Bonchev–Trinajstić information content (AvgIpc) is 3.73. The molecule has 0 unspecified atom stereocenters. The number of hydrogen-bond donors (Lipinski definition) is 0. The minimum absolute atomic E-state index is 0.647. The number of fused-ring (bicyclic) bond motifs is 4. The molecule has 0 aliphatic rings. The molecule has 0 N–H and O–H groups in total. The lowest BCUT2D eigenvalue weighted by Gasteiger charge is -2.37. The number of benzene rings is 6. The molecule has 6 aromatic carbocycles. The van der Waals surface area contributed by atoms with E-state index in [0.717, 1.165) is 61.3 Å². The number of hydrogen-bond acceptors (Lipinski definition) is 1. The number of aromatic nitrogens is 4.